The van der Waals surface area contributed by atoms with Crippen molar-refractivity contribution in [3.63, 3.8) is 0 Å². The van der Waals surface area contributed by atoms with Crippen molar-refractivity contribution in [3.8, 4) is 23.2 Å². The average Bonchev–Trinajstić information content (AvgIpc) is 3.42. The number of ether oxygens (including phenoxy) is 1. The van der Waals surface area contributed by atoms with Crippen molar-refractivity contribution in [3.05, 3.63) is 60.3 Å². The molecule has 2 N–H and O–H groups in total. The Kier molecular flexibility index (Phi) is 5.37. The summed E-state index contributed by atoms with van der Waals surface area (Å²) in [7, 11) is 0. The Hall–Kier alpha value is -3.28. The first-order valence-electron chi connectivity index (χ1n) is 10.2. The topological polar surface area (TPSA) is 99.8 Å². The van der Waals surface area contributed by atoms with Crippen LogP contribution in [0.25, 0.3) is 22.3 Å². The lowest BCUT2D eigenvalue weighted by Gasteiger charge is -2.13. The molecular weight excluding hydrogens is 410 g/mol. The third-order valence-corrected chi connectivity index (χ3v) is 6.33. The van der Waals surface area contributed by atoms with Gasteiger partial charge in [0.1, 0.15) is 12.4 Å². The Morgan fingerprint density at radius 1 is 1.19 bits per heavy atom. The van der Waals surface area contributed by atoms with Gasteiger partial charge in [-0.05, 0) is 43.2 Å². The van der Waals surface area contributed by atoms with Crippen LogP contribution in [0.3, 0.4) is 0 Å². The first-order valence-corrected chi connectivity index (χ1v) is 11.2. The number of hydrogen-bond acceptors (Lipinski definition) is 6. The van der Waals surface area contributed by atoms with Crippen molar-refractivity contribution >= 4 is 22.7 Å². The molecule has 0 radical (unpaired) electrons. The SMILES string of the molecule is N#Cc1ccc(OCC(O)CSc2nnc(-c3c[nH]c4ccccc34)n2C2CC2)cc1. The van der Waals surface area contributed by atoms with Gasteiger partial charge >= 0.3 is 0 Å². The van der Waals surface area contributed by atoms with Gasteiger partial charge in [-0.15, -0.1) is 10.2 Å². The van der Waals surface area contributed by atoms with Crippen LogP contribution in [0, 0.1) is 11.3 Å². The van der Waals surface area contributed by atoms with E-state index in [1.165, 1.54) is 11.8 Å². The summed E-state index contributed by atoms with van der Waals surface area (Å²) in [4.78, 5) is 3.31. The van der Waals surface area contributed by atoms with Crippen LogP contribution in [-0.4, -0.2) is 43.3 Å². The molecule has 0 aliphatic heterocycles. The number of aliphatic hydroxyl groups is 1. The minimum absolute atomic E-state index is 0.172. The Morgan fingerprint density at radius 3 is 2.77 bits per heavy atom. The average molecular weight is 432 g/mol. The molecule has 1 unspecified atom stereocenters. The highest BCUT2D eigenvalue weighted by molar-refractivity contribution is 7.99. The second-order valence-electron chi connectivity index (χ2n) is 7.57. The number of rotatable bonds is 8. The number of H-pyrrole nitrogens is 1. The molecule has 0 spiro atoms. The van der Waals surface area contributed by atoms with E-state index in [2.05, 4.69) is 38.0 Å². The smallest absolute Gasteiger partial charge is 0.191 e. The van der Waals surface area contributed by atoms with Crippen LogP contribution in [0.15, 0.2) is 59.9 Å². The number of hydrogen-bond donors (Lipinski definition) is 2. The highest BCUT2D eigenvalue weighted by Crippen LogP contribution is 2.42. The van der Waals surface area contributed by atoms with Gasteiger partial charge in [-0.2, -0.15) is 5.26 Å². The van der Waals surface area contributed by atoms with E-state index in [0.717, 1.165) is 40.3 Å². The molecule has 4 aromatic rings. The zero-order valence-corrected chi connectivity index (χ0v) is 17.5. The molecule has 5 rings (SSSR count). The van der Waals surface area contributed by atoms with Crippen LogP contribution in [0.4, 0.5) is 0 Å². The largest absolute Gasteiger partial charge is 0.491 e. The first kappa shape index (κ1) is 19.7. The fourth-order valence-electron chi connectivity index (χ4n) is 3.51. The highest BCUT2D eigenvalue weighted by Gasteiger charge is 2.31. The van der Waals surface area contributed by atoms with E-state index >= 15 is 0 Å². The minimum Gasteiger partial charge on any atom is -0.491 e. The Bertz CT molecular complexity index is 1240. The van der Waals surface area contributed by atoms with Crippen LogP contribution < -0.4 is 4.74 Å². The standard InChI is InChI=1S/C23H21N5O2S/c24-11-15-5-9-18(10-6-15)30-13-17(29)14-31-23-27-26-22(28(23)16-7-8-16)20-12-25-21-4-2-1-3-19(20)21/h1-6,9-10,12,16-17,25,29H,7-8,13-14H2. The zero-order valence-electron chi connectivity index (χ0n) is 16.7. The lowest BCUT2D eigenvalue weighted by Crippen LogP contribution is -2.20. The lowest BCUT2D eigenvalue weighted by molar-refractivity contribution is 0.126. The lowest BCUT2D eigenvalue weighted by atomic mass is 10.1. The normalized spacial score (nSPS) is 14.5. The second kappa shape index (κ2) is 8.46. The quantitative estimate of drug-likeness (QED) is 0.406. The third kappa shape index (κ3) is 4.15. The van der Waals surface area contributed by atoms with Crippen molar-refractivity contribution in [2.45, 2.75) is 30.1 Å². The molecule has 1 saturated carbocycles. The van der Waals surface area contributed by atoms with Gasteiger partial charge in [0.25, 0.3) is 0 Å². The van der Waals surface area contributed by atoms with Crippen molar-refractivity contribution in [1.82, 2.24) is 19.7 Å². The predicted molar refractivity (Wildman–Crippen MR) is 119 cm³/mol. The maximum absolute atomic E-state index is 10.4. The van der Waals surface area contributed by atoms with Crippen molar-refractivity contribution in [1.29, 1.82) is 5.26 Å². The minimum atomic E-state index is -0.651. The number of aromatic amines is 1. The van der Waals surface area contributed by atoms with E-state index in [0.29, 0.717) is 23.1 Å². The molecule has 31 heavy (non-hydrogen) atoms. The van der Waals surface area contributed by atoms with Crippen molar-refractivity contribution in [2.75, 3.05) is 12.4 Å². The fourth-order valence-corrected chi connectivity index (χ4v) is 4.43. The summed E-state index contributed by atoms with van der Waals surface area (Å²) in [6, 6.07) is 17.5. The van der Waals surface area contributed by atoms with Crippen molar-refractivity contribution < 1.29 is 9.84 Å². The van der Waals surface area contributed by atoms with E-state index in [1.807, 2.05) is 18.3 Å². The summed E-state index contributed by atoms with van der Waals surface area (Å²) in [6.07, 6.45) is 3.57. The molecule has 2 aromatic carbocycles. The third-order valence-electron chi connectivity index (χ3n) is 5.24. The van der Waals surface area contributed by atoms with Gasteiger partial charge in [0.2, 0.25) is 0 Å². The summed E-state index contributed by atoms with van der Waals surface area (Å²) < 4.78 is 7.84. The number of aromatic nitrogens is 4. The van der Waals surface area contributed by atoms with Gasteiger partial charge in [-0.25, -0.2) is 0 Å². The summed E-state index contributed by atoms with van der Waals surface area (Å²) in [5.41, 5.74) is 2.70. The molecule has 1 fully saturated rings. The van der Waals surface area contributed by atoms with Crippen LogP contribution >= 0.6 is 11.8 Å². The van der Waals surface area contributed by atoms with E-state index in [-0.39, 0.29) is 6.61 Å². The zero-order chi connectivity index (χ0) is 21.2. The second-order valence-corrected chi connectivity index (χ2v) is 8.55. The number of para-hydroxylation sites is 1. The number of benzene rings is 2. The van der Waals surface area contributed by atoms with Crippen LogP contribution in [-0.2, 0) is 0 Å². The van der Waals surface area contributed by atoms with Gasteiger partial charge in [0.15, 0.2) is 11.0 Å². The number of nitrogens with one attached hydrogen (secondary N) is 1. The molecule has 2 heterocycles. The van der Waals surface area contributed by atoms with E-state index in [1.54, 1.807) is 24.3 Å². The number of nitrogens with zero attached hydrogens (tertiary/aromatic N) is 4. The highest BCUT2D eigenvalue weighted by atomic mass is 32.2. The maximum Gasteiger partial charge on any atom is 0.191 e. The van der Waals surface area contributed by atoms with Gasteiger partial charge < -0.3 is 14.8 Å². The molecule has 2 aromatic heterocycles. The van der Waals surface area contributed by atoms with E-state index in [9.17, 15) is 5.11 Å². The molecule has 1 aliphatic rings. The first-order chi connectivity index (χ1) is 15.2. The van der Waals surface area contributed by atoms with Gasteiger partial charge in [-0.3, -0.25) is 4.57 Å². The number of thioether (sulfide) groups is 1. The Balaban J connectivity index is 1.27. The number of nitriles is 1. The van der Waals surface area contributed by atoms with E-state index < -0.39 is 6.10 Å². The maximum atomic E-state index is 10.4. The molecule has 1 atom stereocenters. The van der Waals surface area contributed by atoms with Crippen LogP contribution in [0.2, 0.25) is 0 Å². The number of aliphatic hydroxyl groups excluding tert-OH is 1. The Morgan fingerprint density at radius 2 is 2.00 bits per heavy atom. The van der Waals surface area contributed by atoms with Crippen LogP contribution in [0.5, 0.6) is 5.75 Å². The van der Waals surface area contributed by atoms with Crippen molar-refractivity contribution in [2.24, 2.45) is 0 Å². The monoisotopic (exact) mass is 431 g/mol. The summed E-state index contributed by atoms with van der Waals surface area (Å²) in [5, 5.41) is 30.1. The molecular formula is C23H21N5O2S. The summed E-state index contributed by atoms with van der Waals surface area (Å²) in [5.74, 6) is 1.95. The molecule has 156 valence electrons. The summed E-state index contributed by atoms with van der Waals surface area (Å²) in [6.45, 7) is 0.172. The molecule has 1 aliphatic carbocycles. The Labute approximate surface area is 183 Å². The van der Waals surface area contributed by atoms with Gasteiger partial charge in [0.05, 0.1) is 17.7 Å². The van der Waals surface area contributed by atoms with Crippen LogP contribution in [0.1, 0.15) is 24.4 Å². The number of fused-ring (bicyclic) bond motifs is 1. The van der Waals surface area contributed by atoms with Gasteiger partial charge in [-0.1, -0.05) is 30.0 Å². The predicted octanol–water partition coefficient (Wildman–Crippen LogP) is 4.16. The summed E-state index contributed by atoms with van der Waals surface area (Å²) >= 11 is 1.49. The van der Waals surface area contributed by atoms with Gasteiger partial charge in [0, 0.05) is 34.5 Å². The van der Waals surface area contributed by atoms with E-state index in [4.69, 9.17) is 10.00 Å². The molecule has 0 amide bonds. The molecule has 7 nitrogen and oxygen atoms in total. The molecule has 0 saturated heterocycles. The molecule has 8 heteroatoms. The molecule has 0 bridgehead atoms. The fraction of sp³-hybridized carbons (Fsp3) is 0.261.